The van der Waals surface area contributed by atoms with E-state index in [9.17, 15) is 0 Å². The fraction of sp³-hybridized carbons (Fsp3) is 0. The second-order valence-corrected chi connectivity index (χ2v) is 12.8. The number of rotatable bonds is 4. The van der Waals surface area contributed by atoms with Gasteiger partial charge in [-0.1, -0.05) is 97.1 Å². The van der Waals surface area contributed by atoms with Crippen LogP contribution in [0.2, 0.25) is 0 Å². The van der Waals surface area contributed by atoms with Gasteiger partial charge in [-0.2, -0.15) is 0 Å². The van der Waals surface area contributed by atoms with Crippen LogP contribution in [0, 0.1) is 0 Å². The number of aromatic nitrogens is 3. The van der Waals surface area contributed by atoms with Crippen LogP contribution in [-0.4, -0.2) is 15.0 Å². The number of aromatic amines is 2. The molecule has 0 radical (unpaired) electrons. The number of nitrogens with zero attached hydrogens (tertiary/aromatic N) is 1. The first-order valence-corrected chi connectivity index (χ1v) is 16.2. The number of hydrogen-bond donors (Lipinski definition) is 2. The number of para-hydroxylation sites is 2. The lowest BCUT2D eigenvalue weighted by Gasteiger charge is -2.17. The Balaban J connectivity index is 1.40. The van der Waals surface area contributed by atoms with E-state index >= 15 is 0 Å². The van der Waals surface area contributed by atoms with Crippen LogP contribution in [0.4, 0.5) is 0 Å². The second kappa shape index (κ2) is 9.80. The van der Waals surface area contributed by atoms with Crippen LogP contribution in [0.15, 0.2) is 144 Å². The lowest BCUT2D eigenvalue weighted by atomic mass is 9.92. The van der Waals surface area contributed by atoms with Crippen LogP contribution < -0.4 is 0 Å². The Morgan fingerprint density at radius 3 is 2.24 bits per heavy atom. The quantitative estimate of drug-likeness (QED) is 0.209. The van der Waals surface area contributed by atoms with Crippen molar-refractivity contribution in [1.82, 2.24) is 15.0 Å². The molecule has 0 atom stereocenters. The number of nitrogens with one attached hydrogen (secondary N) is 2. The summed E-state index contributed by atoms with van der Waals surface area (Å²) >= 11 is 1.80. The molecule has 5 heterocycles. The number of benzene rings is 5. The van der Waals surface area contributed by atoms with Gasteiger partial charge in [-0.15, -0.1) is 11.3 Å². The molecule has 10 rings (SSSR count). The van der Waals surface area contributed by atoms with E-state index in [4.69, 9.17) is 9.40 Å². The van der Waals surface area contributed by atoms with E-state index in [1.807, 2.05) is 12.1 Å². The van der Waals surface area contributed by atoms with Crippen LogP contribution in [0.25, 0.3) is 98.0 Å². The number of hydrogen-bond acceptors (Lipinski definition) is 3. The van der Waals surface area contributed by atoms with Gasteiger partial charge in [0.05, 0.1) is 22.8 Å². The molecule has 0 aliphatic carbocycles. The Hall–Kier alpha value is -5.91. The summed E-state index contributed by atoms with van der Waals surface area (Å²) in [6, 6.07) is 46.9. The summed E-state index contributed by atoms with van der Waals surface area (Å²) in [7, 11) is 0. The maximum atomic E-state index is 6.57. The Kier molecular flexibility index (Phi) is 5.41. The van der Waals surface area contributed by atoms with Crippen LogP contribution >= 0.6 is 11.3 Å². The summed E-state index contributed by atoms with van der Waals surface area (Å²) in [6.07, 6.45) is 2.07. The third kappa shape index (κ3) is 3.82. The van der Waals surface area contributed by atoms with E-state index < -0.39 is 0 Å². The van der Waals surface area contributed by atoms with E-state index in [2.05, 4.69) is 137 Å². The molecule has 5 aromatic carbocycles. The SMILES string of the molecule is c1ccc2[nH]c(-c3nc(-c4[nH]cc5ccccc45)c4cccc(-c5cc6ccccc6o5)c4c3-c3cc4ccccc4s3)cc2c1. The molecule has 0 unspecified atom stereocenters. The molecule has 0 fully saturated rings. The smallest absolute Gasteiger partial charge is 0.136 e. The van der Waals surface area contributed by atoms with Crippen molar-refractivity contribution < 1.29 is 4.42 Å². The maximum Gasteiger partial charge on any atom is 0.136 e. The summed E-state index contributed by atoms with van der Waals surface area (Å²) in [5.41, 5.74) is 7.89. The van der Waals surface area contributed by atoms with Gasteiger partial charge in [0, 0.05) is 59.3 Å². The van der Waals surface area contributed by atoms with Gasteiger partial charge in [0.2, 0.25) is 0 Å². The first-order valence-electron chi connectivity index (χ1n) is 15.4. The van der Waals surface area contributed by atoms with E-state index in [-0.39, 0.29) is 0 Å². The van der Waals surface area contributed by atoms with Crippen molar-refractivity contribution in [3.8, 4) is 44.5 Å². The van der Waals surface area contributed by atoms with Crippen molar-refractivity contribution in [2.75, 3.05) is 0 Å². The third-order valence-corrected chi connectivity index (χ3v) is 10.2. The minimum absolute atomic E-state index is 0.838. The average molecular weight is 608 g/mol. The maximum absolute atomic E-state index is 6.57. The number of furan rings is 1. The zero-order valence-electron chi connectivity index (χ0n) is 24.5. The standard InChI is InChI=1S/C41H25N3OS/c1-5-14-28-27(13-1)23-42-39(28)40-30-16-9-15-29(34-21-25-11-3-7-18-33(25)45-34)37(30)38(36-22-26-12-4-8-19-35(26)46-36)41(44-40)32-20-24-10-2-6-17-31(24)43-32/h1-23,42-43H. The van der Waals surface area contributed by atoms with Crippen LogP contribution in [0.3, 0.4) is 0 Å². The van der Waals surface area contributed by atoms with Crippen LogP contribution in [0.5, 0.6) is 0 Å². The van der Waals surface area contributed by atoms with Crippen molar-refractivity contribution in [3.63, 3.8) is 0 Å². The van der Waals surface area contributed by atoms with Gasteiger partial charge in [-0.05, 0) is 47.2 Å². The van der Waals surface area contributed by atoms with Gasteiger partial charge in [0.1, 0.15) is 11.3 Å². The zero-order valence-corrected chi connectivity index (χ0v) is 25.4. The first-order chi connectivity index (χ1) is 22.8. The van der Waals surface area contributed by atoms with Gasteiger partial charge >= 0.3 is 0 Å². The molecule has 5 heteroatoms. The normalized spacial score (nSPS) is 11.9. The average Bonchev–Trinajstić information content (AvgIpc) is 3.91. The van der Waals surface area contributed by atoms with Crippen LogP contribution in [-0.2, 0) is 0 Å². The van der Waals surface area contributed by atoms with Crippen molar-refractivity contribution >= 4 is 64.8 Å². The zero-order chi connectivity index (χ0) is 30.2. The largest absolute Gasteiger partial charge is 0.456 e. The molecule has 4 nitrogen and oxygen atoms in total. The third-order valence-electron chi connectivity index (χ3n) is 9.02. The Morgan fingerprint density at radius 2 is 1.37 bits per heavy atom. The highest BCUT2D eigenvalue weighted by molar-refractivity contribution is 7.22. The predicted molar refractivity (Wildman–Crippen MR) is 192 cm³/mol. The molecule has 0 aliphatic heterocycles. The number of H-pyrrole nitrogens is 2. The molecule has 0 bridgehead atoms. The fourth-order valence-corrected chi connectivity index (χ4v) is 8.01. The first kappa shape index (κ1) is 25.4. The van der Waals surface area contributed by atoms with Crippen molar-refractivity contribution in [3.05, 3.63) is 140 Å². The summed E-state index contributed by atoms with van der Waals surface area (Å²) in [6.45, 7) is 0. The lowest BCUT2D eigenvalue weighted by molar-refractivity contribution is 0.632. The molecular formula is C41H25N3OS. The molecule has 10 aromatic rings. The van der Waals surface area contributed by atoms with E-state index in [0.29, 0.717) is 0 Å². The molecule has 0 saturated carbocycles. The molecule has 216 valence electrons. The summed E-state index contributed by atoms with van der Waals surface area (Å²) in [4.78, 5) is 14.1. The Bertz CT molecular complexity index is 2680. The highest BCUT2D eigenvalue weighted by Gasteiger charge is 2.25. The number of fused-ring (bicyclic) bond motifs is 5. The fourth-order valence-electron chi connectivity index (χ4n) is 6.89. The van der Waals surface area contributed by atoms with Crippen molar-refractivity contribution in [1.29, 1.82) is 0 Å². The summed E-state index contributed by atoms with van der Waals surface area (Å²) in [5, 5.41) is 7.93. The van der Waals surface area contributed by atoms with Crippen molar-refractivity contribution in [2.45, 2.75) is 0 Å². The molecule has 5 aromatic heterocycles. The minimum atomic E-state index is 0.838. The van der Waals surface area contributed by atoms with Gasteiger partial charge in [-0.3, -0.25) is 0 Å². The van der Waals surface area contributed by atoms with E-state index in [0.717, 1.165) is 83.1 Å². The second-order valence-electron chi connectivity index (χ2n) is 11.7. The van der Waals surface area contributed by atoms with Gasteiger partial charge in [0.25, 0.3) is 0 Å². The van der Waals surface area contributed by atoms with Gasteiger partial charge < -0.3 is 14.4 Å². The Morgan fingerprint density at radius 1 is 0.609 bits per heavy atom. The highest BCUT2D eigenvalue weighted by atomic mass is 32.1. The van der Waals surface area contributed by atoms with E-state index in [1.54, 1.807) is 11.3 Å². The van der Waals surface area contributed by atoms with Gasteiger partial charge in [-0.25, -0.2) is 4.98 Å². The molecule has 0 spiro atoms. The van der Waals surface area contributed by atoms with Crippen molar-refractivity contribution in [2.24, 2.45) is 0 Å². The molecule has 46 heavy (non-hydrogen) atoms. The topological polar surface area (TPSA) is 57.6 Å². The number of thiophene rings is 1. The summed E-state index contributed by atoms with van der Waals surface area (Å²) < 4.78 is 7.82. The monoisotopic (exact) mass is 607 g/mol. The molecular weight excluding hydrogens is 583 g/mol. The van der Waals surface area contributed by atoms with Crippen LogP contribution in [0.1, 0.15) is 0 Å². The number of pyridine rings is 1. The lowest BCUT2D eigenvalue weighted by Crippen LogP contribution is -1.97. The van der Waals surface area contributed by atoms with E-state index in [1.165, 1.54) is 15.0 Å². The predicted octanol–water partition coefficient (Wildman–Crippen LogP) is 11.8. The molecule has 0 saturated heterocycles. The minimum Gasteiger partial charge on any atom is -0.456 e. The molecule has 0 amide bonds. The summed E-state index contributed by atoms with van der Waals surface area (Å²) in [5.74, 6) is 0.838. The Labute approximate surface area is 267 Å². The molecule has 0 aliphatic rings. The van der Waals surface area contributed by atoms with Gasteiger partial charge in [0.15, 0.2) is 0 Å². The highest BCUT2D eigenvalue weighted by Crippen LogP contribution is 2.48. The molecule has 2 N–H and O–H groups in total.